The first kappa shape index (κ1) is 20.4. The topological polar surface area (TPSA) is 97.6 Å². The van der Waals surface area contributed by atoms with Crippen LogP contribution in [0.1, 0.15) is 63.4 Å². The SMILES string of the molecule is CC(C)CC(NC(=O)c1ccc(N2CCCC2C)c(OCC2CC2)n1)C(N)=O. The highest BCUT2D eigenvalue weighted by Gasteiger charge is 2.28. The molecule has 0 aromatic carbocycles. The molecule has 1 aliphatic carbocycles. The molecule has 2 amide bonds. The molecule has 154 valence electrons. The van der Waals surface area contributed by atoms with E-state index in [-0.39, 0.29) is 11.6 Å². The summed E-state index contributed by atoms with van der Waals surface area (Å²) >= 11 is 0. The number of ether oxygens (including phenoxy) is 1. The van der Waals surface area contributed by atoms with Gasteiger partial charge in [-0.15, -0.1) is 0 Å². The average Bonchev–Trinajstić information content (AvgIpc) is 3.38. The molecule has 3 rings (SSSR count). The molecule has 7 nitrogen and oxygen atoms in total. The van der Waals surface area contributed by atoms with Crippen molar-refractivity contribution in [2.45, 2.75) is 65.0 Å². The molecule has 2 heterocycles. The number of rotatable bonds is 9. The van der Waals surface area contributed by atoms with E-state index in [0.717, 1.165) is 25.1 Å². The first-order valence-electron chi connectivity index (χ1n) is 10.4. The van der Waals surface area contributed by atoms with Crippen molar-refractivity contribution in [1.82, 2.24) is 10.3 Å². The van der Waals surface area contributed by atoms with Crippen molar-refractivity contribution in [1.29, 1.82) is 0 Å². The number of pyridine rings is 1. The van der Waals surface area contributed by atoms with Gasteiger partial charge in [-0.25, -0.2) is 4.98 Å². The number of amides is 2. The van der Waals surface area contributed by atoms with Crippen LogP contribution in [0.2, 0.25) is 0 Å². The van der Waals surface area contributed by atoms with Gasteiger partial charge in [0.1, 0.15) is 17.4 Å². The van der Waals surface area contributed by atoms with E-state index in [4.69, 9.17) is 10.5 Å². The Kier molecular flexibility index (Phi) is 6.42. The van der Waals surface area contributed by atoms with E-state index < -0.39 is 17.9 Å². The third-order valence-corrected chi connectivity index (χ3v) is 5.44. The summed E-state index contributed by atoms with van der Waals surface area (Å²) in [6.07, 6.45) is 5.15. The second kappa shape index (κ2) is 8.80. The minimum Gasteiger partial charge on any atom is -0.476 e. The number of hydrogen-bond donors (Lipinski definition) is 2. The van der Waals surface area contributed by atoms with E-state index in [1.807, 2.05) is 19.9 Å². The summed E-state index contributed by atoms with van der Waals surface area (Å²) in [7, 11) is 0. The lowest BCUT2D eigenvalue weighted by Crippen LogP contribution is -2.45. The van der Waals surface area contributed by atoms with E-state index in [0.29, 0.717) is 30.9 Å². The molecule has 2 atom stereocenters. The molecule has 2 aliphatic rings. The van der Waals surface area contributed by atoms with Gasteiger partial charge in [0.15, 0.2) is 0 Å². The second-order valence-electron chi connectivity index (χ2n) is 8.52. The van der Waals surface area contributed by atoms with E-state index in [1.165, 1.54) is 12.8 Å². The van der Waals surface area contributed by atoms with Crippen LogP contribution in [0.4, 0.5) is 5.69 Å². The van der Waals surface area contributed by atoms with Crippen molar-refractivity contribution < 1.29 is 14.3 Å². The molecule has 1 saturated carbocycles. The van der Waals surface area contributed by atoms with E-state index in [9.17, 15) is 9.59 Å². The van der Waals surface area contributed by atoms with Crippen molar-refractivity contribution in [2.24, 2.45) is 17.6 Å². The Morgan fingerprint density at radius 1 is 1.32 bits per heavy atom. The van der Waals surface area contributed by atoms with Crippen molar-refractivity contribution in [3.05, 3.63) is 17.8 Å². The van der Waals surface area contributed by atoms with Crippen LogP contribution in [0.25, 0.3) is 0 Å². The maximum Gasteiger partial charge on any atom is 0.270 e. The average molecular weight is 389 g/mol. The smallest absolute Gasteiger partial charge is 0.270 e. The van der Waals surface area contributed by atoms with Crippen LogP contribution in [-0.2, 0) is 4.79 Å². The fourth-order valence-electron chi connectivity index (χ4n) is 3.61. The number of carbonyl (C=O) groups is 2. The van der Waals surface area contributed by atoms with Gasteiger partial charge in [-0.05, 0) is 63.0 Å². The Morgan fingerprint density at radius 2 is 2.07 bits per heavy atom. The summed E-state index contributed by atoms with van der Waals surface area (Å²) in [5.74, 6) is 0.403. The predicted octanol–water partition coefficient (Wildman–Crippen LogP) is 2.49. The zero-order valence-corrected chi connectivity index (χ0v) is 17.1. The summed E-state index contributed by atoms with van der Waals surface area (Å²) in [6.45, 7) is 7.75. The van der Waals surface area contributed by atoms with Gasteiger partial charge >= 0.3 is 0 Å². The van der Waals surface area contributed by atoms with Crippen LogP contribution in [-0.4, -0.2) is 42.0 Å². The molecule has 7 heteroatoms. The molecule has 0 radical (unpaired) electrons. The largest absolute Gasteiger partial charge is 0.476 e. The van der Waals surface area contributed by atoms with Crippen molar-refractivity contribution >= 4 is 17.5 Å². The van der Waals surface area contributed by atoms with Gasteiger partial charge in [0.25, 0.3) is 5.91 Å². The molecule has 28 heavy (non-hydrogen) atoms. The summed E-state index contributed by atoms with van der Waals surface area (Å²) < 4.78 is 6.01. The van der Waals surface area contributed by atoms with Gasteiger partial charge in [-0.2, -0.15) is 0 Å². The van der Waals surface area contributed by atoms with Crippen LogP contribution in [0.3, 0.4) is 0 Å². The summed E-state index contributed by atoms with van der Waals surface area (Å²) in [4.78, 5) is 31.2. The van der Waals surface area contributed by atoms with Crippen molar-refractivity contribution in [3.63, 3.8) is 0 Å². The third-order valence-electron chi connectivity index (χ3n) is 5.44. The summed E-state index contributed by atoms with van der Waals surface area (Å²) in [5, 5.41) is 2.72. The van der Waals surface area contributed by atoms with Crippen molar-refractivity contribution in [2.75, 3.05) is 18.1 Å². The summed E-state index contributed by atoms with van der Waals surface area (Å²) in [5.41, 5.74) is 6.63. The molecule has 1 aliphatic heterocycles. The van der Waals surface area contributed by atoms with Gasteiger partial charge < -0.3 is 20.7 Å². The number of primary amides is 1. The number of nitrogens with one attached hydrogen (secondary N) is 1. The maximum atomic E-state index is 12.7. The molecule has 2 fully saturated rings. The quantitative estimate of drug-likeness (QED) is 0.677. The van der Waals surface area contributed by atoms with Gasteiger partial charge in [0.2, 0.25) is 11.8 Å². The van der Waals surface area contributed by atoms with Crippen LogP contribution in [0, 0.1) is 11.8 Å². The zero-order chi connectivity index (χ0) is 20.3. The highest BCUT2D eigenvalue weighted by molar-refractivity contribution is 5.96. The van der Waals surface area contributed by atoms with E-state index in [2.05, 4.69) is 22.1 Å². The minimum absolute atomic E-state index is 0.238. The molecule has 1 aromatic rings. The Balaban J connectivity index is 1.79. The van der Waals surface area contributed by atoms with Crippen LogP contribution in [0.5, 0.6) is 5.88 Å². The number of hydrogen-bond acceptors (Lipinski definition) is 5. The zero-order valence-electron chi connectivity index (χ0n) is 17.1. The van der Waals surface area contributed by atoms with E-state index in [1.54, 1.807) is 6.07 Å². The highest BCUT2D eigenvalue weighted by atomic mass is 16.5. The molecule has 2 unspecified atom stereocenters. The van der Waals surface area contributed by atoms with Gasteiger partial charge in [-0.3, -0.25) is 9.59 Å². The normalized spacial score (nSPS) is 20.3. The lowest BCUT2D eigenvalue weighted by atomic mass is 10.0. The van der Waals surface area contributed by atoms with Gasteiger partial charge in [0.05, 0.1) is 6.61 Å². The lowest BCUT2D eigenvalue weighted by Gasteiger charge is -2.26. The molecule has 0 spiro atoms. The van der Waals surface area contributed by atoms with Crippen LogP contribution >= 0.6 is 0 Å². The third kappa shape index (κ3) is 5.14. The van der Waals surface area contributed by atoms with E-state index >= 15 is 0 Å². The molecular formula is C21H32N4O3. The molecule has 3 N–H and O–H groups in total. The van der Waals surface area contributed by atoms with Crippen molar-refractivity contribution in [3.8, 4) is 5.88 Å². The van der Waals surface area contributed by atoms with Crippen LogP contribution in [0.15, 0.2) is 12.1 Å². The van der Waals surface area contributed by atoms with Crippen LogP contribution < -0.4 is 20.7 Å². The minimum atomic E-state index is -0.705. The number of aromatic nitrogens is 1. The van der Waals surface area contributed by atoms with Gasteiger partial charge in [0, 0.05) is 12.6 Å². The monoisotopic (exact) mass is 388 g/mol. The fourth-order valence-corrected chi connectivity index (χ4v) is 3.61. The Bertz CT molecular complexity index is 718. The molecule has 0 bridgehead atoms. The first-order valence-corrected chi connectivity index (χ1v) is 10.4. The predicted molar refractivity (Wildman–Crippen MR) is 108 cm³/mol. The maximum absolute atomic E-state index is 12.7. The Morgan fingerprint density at radius 3 is 2.64 bits per heavy atom. The number of carbonyl (C=O) groups excluding carboxylic acids is 2. The van der Waals surface area contributed by atoms with Gasteiger partial charge in [-0.1, -0.05) is 13.8 Å². The first-order chi connectivity index (χ1) is 13.3. The Hall–Kier alpha value is -2.31. The number of nitrogens with zero attached hydrogens (tertiary/aromatic N) is 2. The number of anilines is 1. The molecular weight excluding hydrogens is 356 g/mol. The molecule has 1 saturated heterocycles. The highest BCUT2D eigenvalue weighted by Crippen LogP contribution is 2.35. The molecule has 1 aromatic heterocycles. The summed E-state index contributed by atoms with van der Waals surface area (Å²) in [6, 6.07) is 3.33. The second-order valence-corrected chi connectivity index (χ2v) is 8.52. The number of nitrogens with two attached hydrogens (primary N) is 1. The lowest BCUT2D eigenvalue weighted by molar-refractivity contribution is -0.120. The fraction of sp³-hybridized carbons (Fsp3) is 0.667. The Labute approximate surface area is 167 Å². The standard InChI is InChI=1S/C21H32N4O3/c1-13(2)11-17(19(22)26)23-20(27)16-8-9-18(25-10-4-5-14(25)3)21(24-16)28-12-15-6-7-15/h8-9,13-15,17H,4-7,10-12H2,1-3H3,(H2,22,26)(H,23,27).